The lowest BCUT2D eigenvalue weighted by Crippen LogP contribution is -2.57. The summed E-state index contributed by atoms with van der Waals surface area (Å²) in [6.07, 6.45) is 1.97. The van der Waals surface area contributed by atoms with Crippen molar-refractivity contribution in [2.45, 2.75) is 29.8 Å². The van der Waals surface area contributed by atoms with Crippen molar-refractivity contribution >= 4 is 26.9 Å². The topological polar surface area (TPSA) is 67.4 Å². The smallest absolute Gasteiger partial charge is 0.198 e. The molecule has 2 atom stereocenters. The van der Waals surface area contributed by atoms with Crippen molar-refractivity contribution in [3.8, 4) is 0 Å². The van der Waals surface area contributed by atoms with Gasteiger partial charge in [-0.25, -0.2) is 0 Å². The summed E-state index contributed by atoms with van der Waals surface area (Å²) in [6, 6.07) is 22.1. The summed E-state index contributed by atoms with van der Waals surface area (Å²) < 4.78 is 28.2. The predicted molar refractivity (Wildman–Crippen MR) is 116 cm³/mol. The van der Waals surface area contributed by atoms with Gasteiger partial charge in [0.25, 0.3) is 0 Å². The summed E-state index contributed by atoms with van der Waals surface area (Å²) in [5, 5.41) is 6.14. The Kier molecular flexibility index (Phi) is 4.67. The van der Waals surface area contributed by atoms with Crippen LogP contribution < -0.4 is 10.0 Å². The molecule has 2 unspecified atom stereocenters. The highest BCUT2D eigenvalue weighted by Crippen LogP contribution is 2.34. The fraction of sp³-hybridized carbons (Fsp3) is 0.304. The highest BCUT2D eigenvalue weighted by atomic mass is 32.3. The number of likely N-dealkylation sites (tertiary alicyclic amines) is 1. The van der Waals surface area contributed by atoms with Crippen LogP contribution in [0.1, 0.15) is 18.4 Å². The number of nitrogens with zero attached hydrogens (tertiary/aromatic N) is 1. The molecule has 0 bridgehead atoms. The minimum atomic E-state index is -3.49. The first-order chi connectivity index (χ1) is 14.0. The van der Waals surface area contributed by atoms with Gasteiger partial charge in [0.05, 0.1) is 17.8 Å². The van der Waals surface area contributed by atoms with Gasteiger partial charge in [-0.15, -0.1) is 4.72 Å². The Bertz CT molecular complexity index is 1100. The molecule has 0 radical (unpaired) electrons. The number of hydrogen-bond donors (Lipinski definition) is 2. The molecule has 2 N–H and O–H groups in total. The molecular weight excluding hydrogens is 382 g/mol. The van der Waals surface area contributed by atoms with E-state index in [1.165, 1.54) is 16.3 Å². The number of anilines is 1. The van der Waals surface area contributed by atoms with Crippen LogP contribution in [0.2, 0.25) is 0 Å². The molecule has 2 aliphatic rings. The van der Waals surface area contributed by atoms with E-state index in [9.17, 15) is 8.76 Å². The molecule has 2 aliphatic heterocycles. The van der Waals surface area contributed by atoms with Crippen LogP contribution in [-0.2, 0) is 21.2 Å². The minimum absolute atomic E-state index is 0.303. The third-order valence-corrected chi connectivity index (χ3v) is 7.57. The minimum Gasteiger partial charge on any atom is -0.593 e. The number of piperidine rings is 1. The lowest BCUT2D eigenvalue weighted by Gasteiger charge is -2.43. The number of fused-ring (bicyclic) bond motifs is 2. The van der Waals surface area contributed by atoms with Crippen LogP contribution >= 0.6 is 0 Å². The first kappa shape index (κ1) is 18.8. The number of benzene rings is 3. The fourth-order valence-electron chi connectivity index (χ4n) is 4.72. The van der Waals surface area contributed by atoms with Crippen molar-refractivity contribution in [1.82, 2.24) is 9.62 Å². The maximum Gasteiger partial charge on any atom is 0.198 e. The molecule has 1 fully saturated rings. The molecule has 0 saturated carbocycles. The van der Waals surface area contributed by atoms with Crippen molar-refractivity contribution in [2.24, 2.45) is 0 Å². The quantitative estimate of drug-likeness (QED) is 0.634. The van der Waals surface area contributed by atoms with E-state index in [1.807, 2.05) is 12.1 Å². The van der Waals surface area contributed by atoms with Crippen LogP contribution in [0.15, 0.2) is 71.6 Å². The maximum absolute atomic E-state index is 12.7. The monoisotopic (exact) mass is 407 g/mol. The van der Waals surface area contributed by atoms with Crippen LogP contribution in [0, 0.1) is 0 Å². The Balaban J connectivity index is 1.43. The molecule has 3 aromatic rings. The molecule has 29 heavy (non-hydrogen) atoms. The zero-order chi connectivity index (χ0) is 19.9. The summed E-state index contributed by atoms with van der Waals surface area (Å²) in [4.78, 5) is 2.78. The van der Waals surface area contributed by atoms with Gasteiger partial charge in [0, 0.05) is 13.1 Å². The standard InChI is InChI=1S/C23H25N3O2S/c27-29(28)22-12-4-3-11-21(22)25-23(16-24-29)13-6-14-26(17-23)15-19-9-5-8-18-7-1-2-10-20(18)19/h1-5,7-12,25H,6,13-17H2,(H-,24,27,28). The molecule has 150 valence electrons. The number of para-hydroxylation sites is 1. The molecule has 3 aromatic carbocycles. The van der Waals surface area contributed by atoms with E-state index in [0.29, 0.717) is 17.1 Å². The number of nitrogens with one attached hydrogen (secondary N) is 2. The first-order valence-electron chi connectivity index (χ1n) is 10.1. The van der Waals surface area contributed by atoms with Crippen LogP contribution in [-0.4, -0.2) is 34.6 Å². The summed E-state index contributed by atoms with van der Waals surface area (Å²) in [5.74, 6) is 0. The van der Waals surface area contributed by atoms with Gasteiger partial charge >= 0.3 is 0 Å². The molecule has 0 aliphatic carbocycles. The molecule has 0 amide bonds. The number of sulfonamides is 1. The number of rotatable bonds is 2. The highest BCUT2D eigenvalue weighted by Gasteiger charge is 2.42. The van der Waals surface area contributed by atoms with Crippen molar-refractivity contribution in [3.05, 3.63) is 72.3 Å². The lowest BCUT2D eigenvalue weighted by molar-refractivity contribution is 0.157. The van der Waals surface area contributed by atoms with Crippen LogP contribution in [0.25, 0.3) is 10.8 Å². The molecule has 2 heterocycles. The van der Waals surface area contributed by atoms with Gasteiger partial charge in [-0.1, -0.05) is 58.8 Å². The Morgan fingerprint density at radius 3 is 2.76 bits per heavy atom. The Labute approximate surface area is 172 Å². The van der Waals surface area contributed by atoms with Crippen LogP contribution in [0.5, 0.6) is 0 Å². The van der Waals surface area contributed by atoms with Gasteiger partial charge in [-0.3, -0.25) is 4.90 Å². The Morgan fingerprint density at radius 1 is 1.03 bits per heavy atom. The van der Waals surface area contributed by atoms with E-state index in [-0.39, 0.29) is 5.54 Å². The molecule has 1 spiro atoms. The molecule has 1 saturated heterocycles. The summed E-state index contributed by atoms with van der Waals surface area (Å²) in [6.45, 7) is 3.07. The van der Waals surface area contributed by atoms with Gasteiger partial charge in [0.15, 0.2) is 15.3 Å². The zero-order valence-electron chi connectivity index (χ0n) is 16.3. The molecular formula is C23H25N3O2S. The summed E-state index contributed by atoms with van der Waals surface area (Å²) >= 11 is 0. The third-order valence-electron chi connectivity index (χ3n) is 6.11. The third kappa shape index (κ3) is 3.57. The Morgan fingerprint density at radius 2 is 1.83 bits per heavy atom. The normalized spacial score (nSPS) is 27.3. The number of hydrogen-bond acceptors (Lipinski definition) is 4. The van der Waals surface area contributed by atoms with E-state index in [4.69, 9.17) is 0 Å². The average molecular weight is 408 g/mol. The second-order valence-corrected chi connectivity index (χ2v) is 9.91. The van der Waals surface area contributed by atoms with E-state index in [0.717, 1.165) is 32.5 Å². The van der Waals surface area contributed by atoms with E-state index in [1.54, 1.807) is 12.1 Å². The van der Waals surface area contributed by atoms with Gasteiger partial charge < -0.3 is 9.87 Å². The van der Waals surface area contributed by atoms with Crippen LogP contribution in [0.3, 0.4) is 0 Å². The van der Waals surface area contributed by atoms with Crippen molar-refractivity contribution < 1.29 is 8.76 Å². The van der Waals surface area contributed by atoms with Gasteiger partial charge in [-0.05, 0) is 47.9 Å². The molecule has 5 nitrogen and oxygen atoms in total. The van der Waals surface area contributed by atoms with E-state index in [2.05, 4.69) is 57.4 Å². The van der Waals surface area contributed by atoms with Crippen LogP contribution in [0.4, 0.5) is 5.69 Å². The van der Waals surface area contributed by atoms with Gasteiger partial charge in [-0.2, -0.15) is 0 Å². The summed E-state index contributed by atoms with van der Waals surface area (Å²) in [7, 11) is -3.49. The largest absolute Gasteiger partial charge is 0.593 e. The lowest BCUT2D eigenvalue weighted by atomic mass is 9.88. The van der Waals surface area contributed by atoms with Gasteiger partial charge in [0.2, 0.25) is 0 Å². The highest BCUT2D eigenvalue weighted by molar-refractivity contribution is 7.96. The second-order valence-electron chi connectivity index (χ2n) is 8.18. The second kappa shape index (κ2) is 7.22. The molecule has 6 heteroatoms. The molecule has 5 rings (SSSR count). The predicted octanol–water partition coefficient (Wildman–Crippen LogP) is 3.79. The first-order valence-corrected chi connectivity index (χ1v) is 11.6. The van der Waals surface area contributed by atoms with Gasteiger partial charge in [0.1, 0.15) is 0 Å². The average Bonchev–Trinajstić information content (AvgIpc) is 2.83. The fourth-order valence-corrected chi connectivity index (χ4v) is 6.01. The SMILES string of the molecule is O=[S+]1([O-])NCC2(CCCN(Cc3cccc4ccccc34)C2)Nc2ccccc21. The van der Waals surface area contributed by atoms with Crippen molar-refractivity contribution in [3.63, 3.8) is 0 Å². The molecule has 0 aromatic heterocycles. The Hall–Kier alpha value is -2.25. The van der Waals surface area contributed by atoms with Crippen molar-refractivity contribution in [1.29, 1.82) is 0 Å². The zero-order valence-corrected chi connectivity index (χ0v) is 17.1. The maximum atomic E-state index is 12.7. The van der Waals surface area contributed by atoms with E-state index >= 15 is 0 Å². The van der Waals surface area contributed by atoms with E-state index < -0.39 is 10.4 Å². The summed E-state index contributed by atoms with van der Waals surface area (Å²) in [5.41, 5.74) is 1.71. The van der Waals surface area contributed by atoms with Crippen molar-refractivity contribution in [2.75, 3.05) is 25.0 Å².